The Bertz CT molecular complexity index is 444. The second-order valence-electron chi connectivity index (χ2n) is 3.97. The van der Waals surface area contributed by atoms with Crippen LogP contribution in [-0.2, 0) is 11.2 Å². The van der Waals surface area contributed by atoms with Crippen LogP contribution in [0.5, 0.6) is 11.5 Å². The Morgan fingerprint density at radius 3 is 3.06 bits per heavy atom. The monoisotopic (exact) mass is 237 g/mol. The van der Waals surface area contributed by atoms with Gasteiger partial charge in [0.05, 0.1) is 20.1 Å². The van der Waals surface area contributed by atoms with Crippen LogP contribution in [0.25, 0.3) is 0 Å². The van der Waals surface area contributed by atoms with Crippen LogP contribution in [0.2, 0.25) is 0 Å². The molecule has 0 spiro atoms. The lowest BCUT2D eigenvalue weighted by atomic mass is 9.96. The fraction of sp³-hybridized carbons (Fsp3) is 0.417. The van der Waals surface area contributed by atoms with Gasteiger partial charge in [-0.2, -0.15) is 0 Å². The average Bonchev–Trinajstić information content (AvgIpc) is 2.75. The van der Waals surface area contributed by atoms with Gasteiger partial charge in [-0.3, -0.25) is 4.79 Å². The highest BCUT2D eigenvalue weighted by Crippen LogP contribution is 2.39. The standard InChI is InChI=1S/C12H15NO4/c1-16-10-3-2-7(9(13)6-11(14)15)8-4-5-17-12(8)10/h2-3,9H,4-6,13H2,1H3,(H,14,15). The van der Waals surface area contributed by atoms with Gasteiger partial charge < -0.3 is 20.3 Å². The number of carboxylic acid groups (broad SMARTS) is 1. The van der Waals surface area contributed by atoms with E-state index in [9.17, 15) is 4.79 Å². The van der Waals surface area contributed by atoms with Crippen LogP contribution < -0.4 is 15.2 Å². The molecule has 5 nitrogen and oxygen atoms in total. The second kappa shape index (κ2) is 4.63. The summed E-state index contributed by atoms with van der Waals surface area (Å²) in [4.78, 5) is 10.7. The molecule has 3 N–H and O–H groups in total. The van der Waals surface area contributed by atoms with Crippen LogP contribution in [0.1, 0.15) is 23.6 Å². The largest absolute Gasteiger partial charge is 0.493 e. The van der Waals surface area contributed by atoms with Crippen molar-refractivity contribution in [3.63, 3.8) is 0 Å². The summed E-state index contributed by atoms with van der Waals surface area (Å²) in [6.07, 6.45) is 0.661. The zero-order valence-electron chi connectivity index (χ0n) is 9.60. The molecule has 1 aliphatic rings. The highest BCUT2D eigenvalue weighted by atomic mass is 16.5. The third-order valence-corrected chi connectivity index (χ3v) is 2.87. The minimum Gasteiger partial charge on any atom is -0.493 e. The molecule has 0 aliphatic carbocycles. The highest BCUT2D eigenvalue weighted by Gasteiger charge is 2.24. The minimum atomic E-state index is -0.902. The quantitative estimate of drug-likeness (QED) is 0.819. The number of hydrogen-bond acceptors (Lipinski definition) is 4. The van der Waals surface area contributed by atoms with Gasteiger partial charge in [0, 0.05) is 18.0 Å². The van der Waals surface area contributed by atoms with Crippen molar-refractivity contribution in [3.05, 3.63) is 23.3 Å². The van der Waals surface area contributed by atoms with Crippen molar-refractivity contribution < 1.29 is 19.4 Å². The maximum atomic E-state index is 10.7. The van der Waals surface area contributed by atoms with Crippen LogP contribution in [-0.4, -0.2) is 24.8 Å². The molecular formula is C12H15NO4. The van der Waals surface area contributed by atoms with E-state index in [0.29, 0.717) is 18.1 Å². The Labute approximate surface area is 99.1 Å². The summed E-state index contributed by atoms with van der Waals surface area (Å²) in [6.45, 7) is 0.586. The molecule has 0 saturated heterocycles. The van der Waals surface area contributed by atoms with Crippen LogP contribution in [0, 0.1) is 0 Å². The first kappa shape index (κ1) is 11.7. The van der Waals surface area contributed by atoms with Crippen molar-refractivity contribution in [1.82, 2.24) is 0 Å². The Balaban J connectivity index is 2.36. The second-order valence-corrected chi connectivity index (χ2v) is 3.97. The van der Waals surface area contributed by atoms with Gasteiger partial charge in [0.2, 0.25) is 0 Å². The summed E-state index contributed by atoms with van der Waals surface area (Å²) in [7, 11) is 1.58. The van der Waals surface area contributed by atoms with Gasteiger partial charge in [0.15, 0.2) is 11.5 Å². The van der Waals surface area contributed by atoms with Gasteiger partial charge in [0.1, 0.15) is 0 Å². The Morgan fingerprint density at radius 1 is 1.65 bits per heavy atom. The molecule has 0 fully saturated rings. The molecule has 92 valence electrons. The maximum Gasteiger partial charge on any atom is 0.305 e. The number of fused-ring (bicyclic) bond motifs is 1. The van der Waals surface area contributed by atoms with Crippen molar-refractivity contribution in [2.45, 2.75) is 18.9 Å². The number of ether oxygens (including phenoxy) is 2. The fourth-order valence-electron chi connectivity index (χ4n) is 2.10. The molecule has 1 heterocycles. The zero-order valence-corrected chi connectivity index (χ0v) is 9.60. The third kappa shape index (κ3) is 2.19. The maximum absolute atomic E-state index is 10.7. The molecule has 17 heavy (non-hydrogen) atoms. The lowest BCUT2D eigenvalue weighted by Crippen LogP contribution is -2.16. The van der Waals surface area contributed by atoms with E-state index in [4.69, 9.17) is 20.3 Å². The van der Waals surface area contributed by atoms with E-state index in [1.807, 2.05) is 6.07 Å². The Hall–Kier alpha value is -1.75. The van der Waals surface area contributed by atoms with Crippen molar-refractivity contribution in [1.29, 1.82) is 0 Å². The Kier molecular flexibility index (Phi) is 3.19. The van der Waals surface area contributed by atoms with Gasteiger partial charge in [0.25, 0.3) is 0 Å². The number of carboxylic acids is 1. The zero-order chi connectivity index (χ0) is 12.4. The van der Waals surface area contributed by atoms with E-state index in [2.05, 4.69) is 0 Å². The molecule has 0 aromatic heterocycles. The van der Waals surface area contributed by atoms with Crippen LogP contribution in [0.15, 0.2) is 12.1 Å². The topological polar surface area (TPSA) is 81.8 Å². The lowest BCUT2D eigenvalue weighted by Gasteiger charge is -2.15. The minimum absolute atomic E-state index is 0.0846. The molecule has 1 atom stereocenters. The third-order valence-electron chi connectivity index (χ3n) is 2.87. The van der Waals surface area contributed by atoms with Gasteiger partial charge in [-0.25, -0.2) is 0 Å². The number of nitrogens with two attached hydrogens (primary N) is 1. The molecule has 1 aromatic rings. The molecule has 5 heteroatoms. The number of methoxy groups -OCH3 is 1. The first-order chi connectivity index (χ1) is 8.13. The van der Waals surface area contributed by atoms with E-state index in [1.165, 1.54) is 0 Å². The molecule has 0 radical (unpaired) electrons. The normalized spacial score (nSPS) is 14.9. The van der Waals surface area contributed by atoms with Crippen LogP contribution in [0.4, 0.5) is 0 Å². The molecule has 1 aromatic carbocycles. The summed E-state index contributed by atoms with van der Waals surface area (Å²) in [5.74, 6) is 0.468. The van der Waals surface area contributed by atoms with Crippen LogP contribution >= 0.6 is 0 Å². The van der Waals surface area contributed by atoms with Gasteiger partial charge in [-0.15, -0.1) is 0 Å². The molecule has 0 saturated carbocycles. The van der Waals surface area contributed by atoms with Crippen LogP contribution in [0.3, 0.4) is 0 Å². The summed E-state index contributed by atoms with van der Waals surface area (Å²) in [5, 5.41) is 8.76. The molecule has 0 bridgehead atoms. The lowest BCUT2D eigenvalue weighted by molar-refractivity contribution is -0.137. The van der Waals surface area contributed by atoms with E-state index in [0.717, 1.165) is 17.5 Å². The van der Waals surface area contributed by atoms with Crippen molar-refractivity contribution in [3.8, 4) is 11.5 Å². The van der Waals surface area contributed by atoms with E-state index < -0.39 is 12.0 Å². The van der Waals surface area contributed by atoms with Gasteiger partial charge in [-0.05, 0) is 11.6 Å². The van der Waals surface area contributed by atoms with Crippen molar-refractivity contribution in [2.75, 3.05) is 13.7 Å². The van der Waals surface area contributed by atoms with E-state index in [1.54, 1.807) is 13.2 Å². The molecule has 2 rings (SSSR count). The van der Waals surface area contributed by atoms with E-state index >= 15 is 0 Å². The molecule has 1 unspecified atom stereocenters. The smallest absolute Gasteiger partial charge is 0.305 e. The van der Waals surface area contributed by atoms with Crippen molar-refractivity contribution >= 4 is 5.97 Å². The fourth-order valence-corrected chi connectivity index (χ4v) is 2.10. The highest BCUT2D eigenvalue weighted by molar-refractivity contribution is 5.68. The summed E-state index contributed by atoms with van der Waals surface area (Å²) in [6, 6.07) is 3.08. The first-order valence-corrected chi connectivity index (χ1v) is 5.43. The molecule has 1 aliphatic heterocycles. The predicted octanol–water partition coefficient (Wildman–Crippen LogP) is 1.10. The van der Waals surface area contributed by atoms with E-state index in [-0.39, 0.29) is 6.42 Å². The number of carbonyl (C=O) groups is 1. The predicted molar refractivity (Wildman–Crippen MR) is 61.4 cm³/mol. The number of aliphatic carboxylic acids is 1. The number of hydrogen-bond donors (Lipinski definition) is 2. The number of rotatable bonds is 4. The Morgan fingerprint density at radius 2 is 2.41 bits per heavy atom. The molecule has 0 amide bonds. The van der Waals surface area contributed by atoms with Gasteiger partial charge in [-0.1, -0.05) is 6.07 Å². The SMILES string of the molecule is COc1ccc(C(N)CC(=O)O)c2c1OCC2. The summed E-state index contributed by atoms with van der Waals surface area (Å²) in [5.41, 5.74) is 7.69. The van der Waals surface area contributed by atoms with Crippen molar-refractivity contribution in [2.24, 2.45) is 5.73 Å². The molecular weight excluding hydrogens is 222 g/mol. The average molecular weight is 237 g/mol. The summed E-state index contributed by atoms with van der Waals surface area (Å²) < 4.78 is 10.7. The first-order valence-electron chi connectivity index (χ1n) is 5.43. The number of benzene rings is 1. The van der Waals surface area contributed by atoms with Gasteiger partial charge >= 0.3 is 5.97 Å². The summed E-state index contributed by atoms with van der Waals surface area (Å²) >= 11 is 0.